The fourth-order valence-electron chi connectivity index (χ4n) is 2.34. The zero-order valence-electron chi connectivity index (χ0n) is 12.6. The molecule has 0 spiro atoms. The van der Waals surface area contributed by atoms with E-state index in [-0.39, 0.29) is 17.9 Å². The number of anilines is 1. The van der Waals surface area contributed by atoms with Gasteiger partial charge in [-0.1, -0.05) is 13.8 Å². The molecule has 1 saturated heterocycles. The summed E-state index contributed by atoms with van der Waals surface area (Å²) in [6, 6.07) is 0.203. The molecule has 1 unspecified atom stereocenters. The van der Waals surface area contributed by atoms with Crippen LogP contribution in [0.25, 0.3) is 0 Å². The van der Waals surface area contributed by atoms with E-state index in [0.29, 0.717) is 17.2 Å². The third kappa shape index (κ3) is 3.25. The van der Waals surface area contributed by atoms with Crippen molar-refractivity contribution in [2.24, 2.45) is 0 Å². The van der Waals surface area contributed by atoms with Crippen LogP contribution in [0.2, 0.25) is 0 Å². The van der Waals surface area contributed by atoms with Crippen molar-refractivity contribution in [2.45, 2.75) is 32.2 Å². The molecule has 110 valence electrons. The highest BCUT2D eigenvalue weighted by molar-refractivity contribution is 5.97. The molecule has 1 aliphatic heterocycles. The second kappa shape index (κ2) is 6.17. The first-order chi connectivity index (χ1) is 9.51. The molecule has 0 saturated carbocycles. The molecule has 6 nitrogen and oxygen atoms in total. The summed E-state index contributed by atoms with van der Waals surface area (Å²) in [7, 11) is 3.83. The lowest BCUT2D eigenvalue weighted by Gasteiger charge is -2.15. The molecule has 0 aliphatic carbocycles. The second-order valence-corrected chi connectivity index (χ2v) is 5.62. The summed E-state index contributed by atoms with van der Waals surface area (Å²) in [5.74, 6) is 0.765. The molecule has 20 heavy (non-hydrogen) atoms. The van der Waals surface area contributed by atoms with Crippen LogP contribution >= 0.6 is 0 Å². The highest BCUT2D eigenvalue weighted by Gasteiger charge is 2.24. The molecule has 1 aromatic heterocycles. The molecule has 2 N–H and O–H groups in total. The van der Waals surface area contributed by atoms with Crippen molar-refractivity contribution in [3.63, 3.8) is 0 Å². The first-order valence-electron chi connectivity index (χ1n) is 7.05. The van der Waals surface area contributed by atoms with Crippen LogP contribution in [-0.4, -0.2) is 54.0 Å². The van der Waals surface area contributed by atoms with Crippen LogP contribution in [0.4, 0.5) is 5.69 Å². The quantitative estimate of drug-likeness (QED) is 0.861. The van der Waals surface area contributed by atoms with Gasteiger partial charge >= 0.3 is 0 Å². The van der Waals surface area contributed by atoms with E-state index in [9.17, 15) is 4.79 Å². The zero-order chi connectivity index (χ0) is 14.7. The van der Waals surface area contributed by atoms with Gasteiger partial charge in [0.25, 0.3) is 5.91 Å². The Morgan fingerprint density at radius 3 is 2.80 bits per heavy atom. The normalized spacial score (nSPS) is 19.4. The van der Waals surface area contributed by atoms with Crippen molar-refractivity contribution in [1.82, 2.24) is 20.2 Å². The molecule has 0 aromatic carbocycles. The number of carbonyl (C=O) groups excluding carboxylic acids is 1. The number of nitrogens with one attached hydrogen (secondary N) is 2. The SMILES string of the molecule is CNc1cnc(C(C)C)nc1C(=O)NC1CCN(C)C1. The summed E-state index contributed by atoms with van der Waals surface area (Å²) in [6.07, 6.45) is 2.66. The van der Waals surface area contributed by atoms with E-state index < -0.39 is 0 Å². The van der Waals surface area contributed by atoms with Gasteiger partial charge in [0.1, 0.15) is 5.82 Å². The average Bonchev–Trinajstić information content (AvgIpc) is 2.83. The summed E-state index contributed by atoms with van der Waals surface area (Å²) in [5.41, 5.74) is 1.10. The number of nitrogens with zero attached hydrogens (tertiary/aromatic N) is 3. The molecule has 1 aliphatic rings. The monoisotopic (exact) mass is 277 g/mol. The molecule has 1 atom stereocenters. The number of carbonyl (C=O) groups is 1. The zero-order valence-corrected chi connectivity index (χ0v) is 12.6. The first-order valence-corrected chi connectivity index (χ1v) is 7.05. The summed E-state index contributed by atoms with van der Waals surface area (Å²) in [4.78, 5) is 23.3. The van der Waals surface area contributed by atoms with Gasteiger partial charge in [-0.15, -0.1) is 0 Å². The minimum atomic E-state index is -0.126. The van der Waals surface area contributed by atoms with Crippen molar-refractivity contribution in [3.05, 3.63) is 17.7 Å². The van der Waals surface area contributed by atoms with Crippen molar-refractivity contribution in [2.75, 3.05) is 32.5 Å². The Balaban J connectivity index is 2.17. The lowest BCUT2D eigenvalue weighted by atomic mass is 10.2. The van der Waals surface area contributed by atoms with Gasteiger partial charge < -0.3 is 15.5 Å². The fraction of sp³-hybridized carbons (Fsp3) is 0.643. The van der Waals surface area contributed by atoms with Crippen LogP contribution in [0.1, 0.15) is 42.5 Å². The van der Waals surface area contributed by atoms with Crippen molar-refractivity contribution in [1.29, 1.82) is 0 Å². The van der Waals surface area contributed by atoms with Crippen molar-refractivity contribution >= 4 is 11.6 Å². The largest absolute Gasteiger partial charge is 0.385 e. The van der Waals surface area contributed by atoms with E-state index in [0.717, 1.165) is 19.5 Å². The molecule has 1 amide bonds. The third-order valence-corrected chi connectivity index (χ3v) is 3.53. The number of likely N-dealkylation sites (tertiary alicyclic amines) is 1. The van der Waals surface area contributed by atoms with Gasteiger partial charge in [0.15, 0.2) is 5.69 Å². The summed E-state index contributed by atoms with van der Waals surface area (Å²) >= 11 is 0. The van der Waals surface area contributed by atoms with Gasteiger partial charge in [0.2, 0.25) is 0 Å². The molecule has 0 radical (unpaired) electrons. The van der Waals surface area contributed by atoms with Crippen LogP contribution < -0.4 is 10.6 Å². The van der Waals surface area contributed by atoms with Crippen molar-refractivity contribution < 1.29 is 4.79 Å². The second-order valence-electron chi connectivity index (χ2n) is 5.62. The first kappa shape index (κ1) is 14.7. The van der Waals surface area contributed by atoms with Gasteiger partial charge in [-0.25, -0.2) is 9.97 Å². The molecule has 6 heteroatoms. The van der Waals surface area contributed by atoms with E-state index in [2.05, 4.69) is 32.5 Å². The number of hydrogen-bond acceptors (Lipinski definition) is 5. The van der Waals surface area contributed by atoms with Crippen LogP contribution in [0.5, 0.6) is 0 Å². The predicted molar refractivity (Wildman–Crippen MR) is 79.0 cm³/mol. The minimum absolute atomic E-state index is 0.126. The Labute approximate surface area is 120 Å². The van der Waals surface area contributed by atoms with Crippen LogP contribution in [0.15, 0.2) is 6.20 Å². The van der Waals surface area contributed by atoms with E-state index in [1.54, 1.807) is 13.2 Å². The maximum Gasteiger partial charge on any atom is 0.272 e. The number of amides is 1. The van der Waals surface area contributed by atoms with E-state index >= 15 is 0 Å². The maximum atomic E-state index is 12.4. The standard InChI is InChI=1S/C14H23N5O/c1-9(2)13-16-7-11(15-3)12(18-13)14(20)17-10-5-6-19(4)8-10/h7,9-10,15H,5-6,8H2,1-4H3,(H,17,20). The lowest BCUT2D eigenvalue weighted by Crippen LogP contribution is -2.37. The van der Waals surface area contributed by atoms with Crippen LogP contribution in [0.3, 0.4) is 0 Å². The fourth-order valence-corrected chi connectivity index (χ4v) is 2.34. The van der Waals surface area contributed by atoms with E-state index in [4.69, 9.17) is 0 Å². The Hall–Kier alpha value is -1.69. The molecule has 1 fully saturated rings. The topological polar surface area (TPSA) is 70.1 Å². The van der Waals surface area contributed by atoms with E-state index in [1.807, 2.05) is 13.8 Å². The predicted octanol–water partition coefficient (Wildman–Crippen LogP) is 1.08. The number of aromatic nitrogens is 2. The number of likely N-dealkylation sites (N-methyl/N-ethyl adjacent to an activating group) is 1. The van der Waals surface area contributed by atoms with Crippen molar-refractivity contribution in [3.8, 4) is 0 Å². The van der Waals surface area contributed by atoms with E-state index in [1.165, 1.54) is 0 Å². The summed E-state index contributed by atoms with van der Waals surface area (Å²) in [5, 5.41) is 6.04. The molecule has 2 rings (SSSR count). The Kier molecular flexibility index (Phi) is 4.54. The molecular formula is C14H23N5O. The molecule has 1 aromatic rings. The molecular weight excluding hydrogens is 254 g/mol. The summed E-state index contributed by atoms with van der Waals surface area (Å²) in [6.45, 7) is 5.94. The Morgan fingerprint density at radius 2 is 2.25 bits per heavy atom. The minimum Gasteiger partial charge on any atom is -0.385 e. The van der Waals surface area contributed by atoms with Gasteiger partial charge in [-0.05, 0) is 20.0 Å². The van der Waals surface area contributed by atoms with Gasteiger partial charge in [0.05, 0.1) is 11.9 Å². The highest BCUT2D eigenvalue weighted by Crippen LogP contribution is 2.16. The third-order valence-electron chi connectivity index (χ3n) is 3.53. The maximum absolute atomic E-state index is 12.4. The number of rotatable bonds is 4. The highest BCUT2D eigenvalue weighted by atomic mass is 16.2. The number of hydrogen-bond donors (Lipinski definition) is 2. The van der Waals surface area contributed by atoms with Crippen LogP contribution in [-0.2, 0) is 0 Å². The average molecular weight is 277 g/mol. The Bertz CT molecular complexity index is 488. The van der Waals surface area contributed by atoms with Crippen LogP contribution in [0, 0.1) is 0 Å². The molecule has 2 heterocycles. The molecule has 0 bridgehead atoms. The van der Waals surface area contributed by atoms with Gasteiger partial charge in [0, 0.05) is 25.6 Å². The van der Waals surface area contributed by atoms with Gasteiger partial charge in [-0.3, -0.25) is 4.79 Å². The smallest absolute Gasteiger partial charge is 0.272 e. The Morgan fingerprint density at radius 1 is 1.50 bits per heavy atom. The lowest BCUT2D eigenvalue weighted by molar-refractivity contribution is 0.0933. The summed E-state index contributed by atoms with van der Waals surface area (Å²) < 4.78 is 0. The van der Waals surface area contributed by atoms with Gasteiger partial charge in [-0.2, -0.15) is 0 Å².